The fraction of sp³-hybridized carbons (Fsp3) is 0.176. The van der Waals surface area contributed by atoms with Crippen molar-refractivity contribution in [2.24, 2.45) is 0 Å². The molecule has 22 heavy (non-hydrogen) atoms. The van der Waals surface area contributed by atoms with Crippen molar-refractivity contribution in [2.45, 2.75) is 13.0 Å². The van der Waals surface area contributed by atoms with Crippen molar-refractivity contribution in [3.8, 4) is 0 Å². The van der Waals surface area contributed by atoms with Crippen molar-refractivity contribution in [1.82, 2.24) is 5.06 Å². The number of carbonyl (C=O) groups excluding carboxylic acids is 2. The van der Waals surface area contributed by atoms with Crippen molar-refractivity contribution < 1.29 is 19.5 Å². The first-order valence-electron chi connectivity index (χ1n) is 6.93. The third-order valence-corrected chi connectivity index (χ3v) is 3.55. The minimum absolute atomic E-state index is 0.172. The molecular formula is C17H15NO4. The van der Waals surface area contributed by atoms with Gasteiger partial charge in [0.2, 0.25) is 0 Å². The second-order valence-corrected chi connectivity index (χ2v) is 5.18. The molecule has 0 aliphatic carbocycles. The quantitative estimate of drug-likeness (QED) is 0.879. The molecule has 0 saturated carbocycles. The molecule has 0 fully saturated rings. The SMILES string of the molecule is Cc1cccc(C(O)CON2C(=O)c3ccccc3C2=O)c1. The lowest BCUT2D eigenvalue weighted by molar-refractivity contribution is -0.116. The zero-order valence-electron chi connectivity index (χ0n) is 12.0. The molecule has 3 rings (SSSR count). The van der Waals surface area contributed by atoms with E-state index in [4.69, 9.17) is 4.84 Å². The van der Waals surface area contributed by atoms with Crippen LogP contribution in [-0.4, -0.2) is 28.6 Å². The highest BCUT2D eigenvalue weighted by Crippen LogP contribution is 2.24. The first kappa shape index (κ1) is 14.4. The van der Waals surface area contributed by atoms with E-state index in [9.17, 15) is 14.7 Å². The molecule has 1 aliphatic rings. The third kappa shape index (κ3) is 2.52. The lowest BCUT2D eigenvalue weighted by Crippen LogP contribution is -2.31. The Hall–Kier alpha value is -2.50. The molecule has 1 atom stereocenters. The van der Waals surface area contributed by atoms with Gasteiger partial charge in [-0.25, -0.2) is 0 Å². The van der Waals surface area contributed by atoms with Gasteiger partial charge < -0.3 is 5.11 Å². The predicted molar refractivity (Wildman–Crippen MR) is 79.0 cm³/mol. The normalized spacial score (nSPS) is 15.1. The van der Waals surface area contributed by atoms with E-state index in [0.29, 0.717) is 21.8 Å². The first-order valence-corrected chi connectivity index (χ1v) is 6.93. The van der Waals surface area contributed by atoms with Gasteiger partial charge >= 0.3 is 0 Å². The molecule has 0 saturated heterocycles. The van der Waals surface area contributed by atoms with Gasteiger partial charge in [-0.1, -0.05) is 42.0 Å². The van der Waals surface area contributed by atoms with Gasteiger partial charge in [-0.2, -0.15) is 0 Å². The monoisotopic (exact) mass is 297 g/mol. The maximum atomic E-state index is 12.1. The fourth-order valence-electron chi connectivity index (χ4n) is 2.40. The van der Waals surface area contributed by atoms with E-state index in [1.165, 1.54) is 0 Å². The number of aryl methyl sites for hydroxylation is 1. The summed E-state index contributed by atoms with van der Waals surface area (Å²) < 4.78 is 0. The summed E-state index contributed by atoms with van der Waals surface area (Å²) in [4.78, 5) is 29.5. The van der Waals surface area contributed by atoms with Gasteiger partial charge in [0.05, 0.1) is 11.1 Å². The molecule has 0 spiro atoms. The second kappa shape index (κ2) is 5.71. The topological polar surface area (TPSA) is 66.8 Å². The number of imide groups is 1. The summed E-state index contributed by atoms with van der Waals surface area (Å²) in [6.45, 7) is 1.75. The van der Waals surface area contributed by atoms with Crippen LogP contribution in [0.2, 0.25) is 0 Å². The summed E-state index contributed by atoms with van der Waals surface area (Å²) >= 11 is 0. The summed E-state index contributed by atoms with van der Waals surface area (Å²) in [5, 5.41) is 10.8. The van der Waals surface area contributed by atoms with Gasteiger partial charge in [0.1, 0.15) is 12.7 Å². The summed E-state index contributed by atoms with van der Waals surface area (Å²) in [5.41, 5.74) is 2.32. The number of fused-ring (bicyclic) bond motifs is 1. The highest BCUT2D eigenvalue weighted by atomic mass is 16.7. The Labute approximate surface area is 127 Å². The molecular weight excluding hydrogens is 282 g/mol. The number of carbonyl (C=O) groups is 2. The maximum absolute atomic E-state index is 12.1. The van der Waals surface area contributed by atoms with E-state index in [2.05, 4.69) is 0 Å². The second-order valence-electron chi connectivity index (χ2n) is 5.18. The molecule has 1 aliphatic heterocycles. The molecule has 112 valence electrons. The van der Waals surface area contributed by atoms with Crippen molar-refractivity contribution in [3.05, 3.63) is 70.8 Å². The van der Waals surface area contributed by atoms with Gasteiger partial charge in [-0.15, -0.1) is 5.06 Å². The summed E-state index contributed by atoms with van der Waals surface area (Å²) in [5.74, 6) is -1.01. The molecule has 2 aromatic rings. The average molecular weight is 297 g/mol. The van der Waals surface area contributed by atoms with Crippen LogP contribution in [0.4, 0.5) is 0 Å². The van der Waals surface area contributed by atoms with Crippen molar-refractivity contribution in [1.29, 1.82) is 0 Å². The largest absolute Gasteiger partial charge is 0.386 e. The maximum Gasteiger partial charge on any atom is 0.285 e. The molecule has 0 bridgehead atoms. The van der Waals surface area contributed by atoms with E-state index in [0.717, 1.165) is 5.56 Å². The summed E-state index contributed by atoms with van der Waals surface area (Å²) in [7, 11) is 0. The number of hydrogen-bond donors (Lipinski definition) is 1. The molecule has 5 heteroatoms. The van der Waals surface area contributed by atoms with Crippen LogP contribution in [0.25, 0.3) is 0 Å². The van der Waals surface area contributed by atoms with Crippen LogP contribution < -0.4 is 0 Å². The van der Waals surface area contributed by atoms with Crippen molar-refractivity contribution >= 4 is 11.8 Å². The lowest BCUT2D eigenvalue weighted by Gasteiger charge is -2.17. The summed E-state index contributed by atoms with van der Waals surface area (Å²) in [6, 6.07) is 13.9. The smallest absolute Gasteiger partial charge is 0.285 e. The molecule has 1 heterocycles. The number of aliphatic hydroxyl groups is 1. The van der Waals surface area contributed by atoms with Gasteiger partial charge in [0, 0.05) is 0 Å². The zero-order chi connectivity index (χ0) is 15.7. The van der Waals surface area contributed by atoms with Crippen LogP contribution in [0.1, 0.15) is 37.9 Å². The molecule has 0 radical (unpaired) electrons. The number of amides is 2. The van der Waals surface area contributed by atoms with Crippen LogP contribution in [0.3, 0.4) is 0 Å². The van der Waals surface area contributed by atoms with E-state index >= 15 is 0 Å². The Bertz CT molecular complexity index is 706. The van der Waals surface area contributed by atoms with Crippen LogP contribution >= 0.6 is 0 Å². The average Bonchev–Trinajstić information content (AvgIpc) is 2.77. The highest BCUT2D eigenvalue weighted by Gasteiger charge is 2.36. The van der Waals surface area contributed by atoms with Crippen LogP contribution in [-0.2, 0) is 4.84 Å². The van der Waals surface area contributed by atoms with Crippen LogP contribution in [0, 0.1) is 6.92 Å². The van der Waals surface area contributed by atoms with Crippen molar-refractivity contribution in [2.75, 3.05) is 6.61 Å². The van der Waals surface area contributed by atoms with E-state index < -0.39 is 17.9 Å². The minimum atomic E-state index is -0.913. The first-order chi connectivity index (χ1) is 10.6. The number of nitrogens with zero attached hydrogens (tertiary/aromatic N) is 1. The Morgan fingerprint density at radius 1 is 1.05 bits per heavy atom. The Kier molecular flexibility index (Phi) is 3.75. The predicted octanol–water partition coefficient (Wildman–Crippen LogP) is 2.26. The van der Waals surface area contributed by atoms with Gasteiger partial charge in [-0.05, 0) is 24.6 Å². The molecule has 2 aromatic carbocycles. The molecule has 2 amide bonds. The van der Waals surface area contributed by atoms with Crippen molar-refractivity contribution in [3.63, 3.8) is 0 Å². The van der Waals surface area contributed by atoms with E-state index in [1.807, 2.05) is 25.1 Å². The molecule has 1 unspecified atom stereocenters. The Morgan fingerprint density at radius 3 is 2.27 bits per heavy atom. The van der Waals surface area contributed by atoms with Gasteiger partial charge in [-0.3, -0.25) is 14.4 Å². The molecule has 0 aromatic heterocycles. The number of aliphatic hydroxyl groups excluding tert-OH is 1. The third-order valence-electron chi connectivity index (χ3n) is 3.55. The van der Waals surface area contributed by atoms with Gasteiger partial charge in [0.15, 0.2) is 0 Å². The number of benzene rings is 2. The number of hydroxylamine groups is 2. The van der Waals surface area contributed by atoms with E-state index in [-0.39, 0.29) is 6.61 Å². The number of hydrogen-bond acceptors (Lipinski definition) is 4. The van der Waals surface area contributed by atoms with Crippen LogP contribution in [0.5, 0.6) is 0 Å². The fourth-order valence-corrected chi connectivity index (χ4v) is 2.40. The summed E-state index contributed by atoms with van der Waals surface area (Å²) in [6.07, 6.45) is -0.913. The number of rotatable bonds is 4. The lowest BCUT2D eigenvalue weighted by atomic mass is 10.1. The highest BCUT2D eigenvalue weighted by molar-refractivity contribution is 6.20. The Balaban J connectivity index is 1.70. The van der Waals surface area contributed by atoms with Gasteiger partial charge in [0.25, 0.3) is 11.8 Å². The molecule has 5 nitrogen and oxygen atoms in total. The van der Waals surface area contributed by atoms with E-state index in [1.54, 1.807) is 30.3 Å². The standard InChI is InChI=1S/C17H15NO4/c1-11-5-4-6-12(9-11)15(19)10-22-18-16(20)13-7-2-3-8-14(13)17(18)21/h2-9,15,19H,10H2,1H3. The van der Waals surface area contributed by atoms with Crippen LogP contribution in [0.15, 0.2) is 48.5 Å². The zero-order valence-corrected chi connectivity index (χ0v) is 12.0. The Morgan fingerprint density at radius 2 is 1.68 bits per heavy atom. The minimum Gasteiger partial charge on any atom is -0.386 e. The molecule has 1 N–H and O–H groups in total.